The van der Waals surface area contributed by atoms with Gasteiger partial charge < -0.3 is 15.0 Å². The number of sulfone groups is 1. The lowest BCUT2D eigenvalue weighted by Crippen LogP contribution is -2.71. The molecular weight excluding hydrogens is 356 g/mol. The van der Waals surface area contributed by atoms with E-state index in [1.165, 1.54) is 0 Å². The minimum absolute atomic E-state index is 0.0684. The first-order valence-electron chi connectivity index (χ1n) is 8.40. The van der Waals surface area contributed by atoms with Gasteiger partial charge in [0.1, 0.15) is 10.9 Å². The van der Waals surface area contributed by atoms with Crippen molar-refractivity contribution in [2.24, 2.45) is 0 Å². The molecule has 2 fully saturated rings. The fourth-order valence-electron chi connectivity index (χ4n) is 3.38. The van der Waals surface area contributed by atoms with E-state index in [9.17, 15) is 13.2 Å². The lowest BCUT2D eigenvalue weighted by Gasteiger charge is -2.51. The van der Waals surface area contributed by atoms with Crippen LogP contribution in [0.15, 0.2) is 48.8 Å². The summed E-state index contributed by atoms with van der Waals surface area (Å²) in [6, 6.07) is 10.7. The van der Waals surface area contributed by atoms with Crippen LogP contribution in [0.3, 0.4) is 0 Å². The molecule has 2 aliphatic heterocycles. The molecule has 1 N–H and O–H groups in total. The van der Waals surface area contributed by atoms with Crippen LogP contribution in [0.2, 0.25) is 0 Å². The number of likely N-dealkylation sites (tertiary alicyclic amines) is 1. The molecule has 2 aromatic rings. The van der Waals surface area contributed by atoms with Crippen LogP contribution in [0.25, 0.3) is 0 Å². The van der Waals surface area contributed by atoms with E-state index in [1.54, 1.807) is 40.2 Å². The summed E-state index contributed by atoms with van der Waals surface area (Å²) in [5.74, 6) is -0.0684. The van der Waals surface area contributed by atoms with Crippen molar-refractivity contribution in [3.8, 4) is 0 Å². The van der Waals surface area contributed by atoms with Crippen molar-refractivity contribution in [3.05, 3.63) is 48.8 Å². The molecule has 2 aliphatic rings. The second-order valence-corrected chi connectivity index (χ2v) is 9.08. The van der Waals surface area contributed by atoms with E-state index in [1.807, 2.05) is 18.2 Å². The summed E-state index contributed by atoms with van der Waals surface area (Å²) in [5, 5.41) is 6.24. The molecule has 4 rings (SSSR count). The molecule has 2 amide bonds. The highest BCUT2D eigenvalue weighted by molar-refractivity contribution is 7.92. The Hall–Kier alpha value is -2.39. The molecule has 3 heterocycles. The van der Waals surface area contributed by atoms with Gasteiger partial charge in [0.05, 0.1) is 32.0 Å². The van der Waals surface area contributed by atoms with E-state index in [0.29, 0.717) is 5.69 Å². The minimum atomic E-state index is -3.32. The van der Waals surface area contributed by atoms with Gasteiger partial charge in [-0.15, -0.1) is 0 Å². The third kappa shape index (κ3) is 3.32. The molecular formula is C17H20N4O4S. The summed E-state index contributed by atoms with van der Waals surface area (Å²) in [5.41, 5.74) is -0.0806. The number of carbonyl (C=O) groups is 1. The van der Waals surface area contributed by atoms with Crippen molar-refractivity contribution < 1.29 is 17.9 Å². The van der Waals surface area contributed by atoms with E-state index in [0.717, 1.165) is 0 Å². The van der Waals surface area contributed by atoms with Gasteiger partial charge in [-0.3, -0.25) is 4.68 Å². The van der Waals surface area contributed by atoms with Crippen LogP contribution in [0.5, 0.6) is 0 Å². The molecule has 0 radical (unpaired) electrons. The number of hydrogen-bond donors (Lipinski definition) is 1. The number of rotatable bonds is 3. The number of hydrogen-bond acceptors (Lipinski definition) is 5. The van der Waals surface area contributed by atoms with Crippen LogP contribution in [-0.4, -0.2) is 65.4 Å². The van der Waals surface area contributed by atoms with E-state index >= 15 is 0 Å². The number of benzene rings is 1. The Morgan fingerprint density at radius 1 is 1.27 bits per heavy atom. The third-order valence-electron chi connectivity index (χ3n) is 4.77. The van der Waals surface area contributed by atoms with E-state index in [4.69, 9.17) is 4.74 Å². The Morgan fingerprint density at radius 2 is 2.04 bits per heavy atom. The number of carbonyl (C=O) groups excluding carboxylic acids is 1. The van der Waals surface area contributed by atoms with Gasteiger partial charge in [0, 0.05) is 18.1 Å². The number of urea groups is 1. The fourth-order valence-corrected chi connectivity index (χ4v) is 5.27. The molecule has 0 unspecified atom stereocenters. The number of aromatic nitrogens is 2. The second-order valence-electron chi connectivity index (χ2n) is 6.80. The zero-order valence-corrected chi connectivity index (χ0v) is 14.9. The van der Waals surface area contributed by atoms with E-state index in [-0.39, 0.29) is 38.0 Å². The largest absolute Gasteiger partial charge is 0.369 e. The number of ether oxygens (including phenoxy) is 1. The quantitative estimate of drug-likeness (QED) is 0.862. The Bertz CT molecular complexity index is 877. The summed E-state index contributed by atoms with van der Waals surface area (Å²) in [6.07, 6.45) is 3.35. The van der Waals surface area contributed by atoms with Crippen LogP contribution < -0.4 is 5.32 Å². The highest BCUT2D eigenvalue weighted by atomic mass is 32.2. The van der Waals surface area contributed by atoms with Crippen molar-refractivity contribution in [2.75, 3.05) is 30.8 Å². The van der Waals surface area contributed by atoms with Crippen molar-refractivity contribution in [2.45, 2.75) is 17.4 Å². The van der Waals surface area contributed by atoms with Gasteiger partial charge in [0.2, 0.25) is 0 Å². The number of amides is 2. The Morgan fingerprint density at radius 3 is 2.69 bits per heavy atom. The van der Waals surface area contributed by atoms with Crippen molar-refractivity contribution >= 4 is 21.6 Å². The molecule has 0 saturated carbocycles. The fraction of sp³-hybridized carbons (Fsp3) is 0.412. The molecule has 138 valence electrons. The maximum atomic E-state index is 12.6. The normalized spacial score (nSPS) is 23.4. The summed E-state index contributed by atoms with van der Waals surface area (Å²) < 4.78 is 32.8. The maximum absolute atomic E-state index is 12.6. The standard InChI is InChI=1S/C17H20N4O4S/c22-16(19-14-5-2-1-3-6-14)20-11-17(12-20)13-26(23,24)15(10-25-17)9-21-8-4-7-18-21/h1-8,15H,9-13H2,(H,19,22)/t15-/m0/s1. The number of anilines is 1. The predicted octanol–water partition coefficient (Wildman–Crippen LogP) is 0.983. The van der Waals surface area contributed by atoms with E-state index in [2.05, 4.69) is 10.4 Å². The summed E-state index contributed by atoms with van der Waals surface area (Å²) >= 11 is 0. The third-order valence-corrected chi connectivity index (χ3v) is 7.00. The second kappa shape index (κ2) is 6.40. The molecule has 8 nitrogen and oxygen atoms in total. The monoisotopic (exact) mass is 376 g/mol. The molecule has 1 spiro atoms. The number of nitrogens with one attached hydrogen (secondary N) is 1. The van der Waals surface area contributed by atoms with Crippen molar-refractivity contribution in [1.82, 2.24) is 14.7 Å². The average molecular weight is 376 g/mol. The topological polar surface area (TPSA) is 93.5 Å². The highest BCUT2D eigenvalue weighted by Crippen LogP contribution is 2.33. The molecule has 1 aromatic heterocycles. The molecule has 9 heteroatoms. The smallest absolute Gasteiger partial charge is 0.322 e. The van der Waals surface area contributed by atoms with Gasteiger partial charge in [-0.2, -0.15) is 5.10 Å². The van der Waals surface area contributed by atoms with Crippen LogP contribution in [0.4, 0.5) is 10.5 Å². The lowest BCUT2D eigenvalue weighted by atomic mass is 9.96. The van der Waals surface area contributed by atoms with Gasteiger partial charge >= 0.3 is 6.03 Å². The molecule has 0 aliphatic carbocycles. The SMILES string of the molecule is O=C(Nc1ccccc1)N1CC2(C1)CS(=O)(=O)[C@@H](Cn1cccn1)CO2. The van der Waals surface area contributed by atoms with Crippen molar-refractivity contribution in [1.29, 1.82) is 0 Å². The van der Waals surface area contributed by atoms with Gasteiger partial charge in [-0.25, -0.2) is 13.2 Å². The molecule has 1 aromatic carbocycles. The maximum Gasteiger partial charge on any atom is 0.322 e. The van der Waals surface area contributed by atoms with Crippen LogP contribution >= 0.6 is 0 Å². The molecule has 2 saturated heterocycles. The Balaban J connectivity index is 1.35. The summed E-state index contributed by atoms with van der Waals surface area (Å²) in [4.78, 5) is 13.8. The molecule has 26 heavy (non-hydrogen) atoms. The lowest BCUT2D eigenvalue weighted by molar-refractivity contribution is -0.117. The first-order valence-corrected chi connectivity index (χ1v) is 10.1. The van der Waals surface area contributed by atoms with Gasteiger partial charge in [-0.05, 0) is 18.2 Å². The predicted molar refractivity (Wildman–Crippen MR) is 95.5 cm³/mol. The summed E-state index contributed by atoms with van der Waals surface area (Å²) in [7, 11) is -3.32. The number of nitrogens with zero attached hydrogens (tertiary/aromatic N) is 3. The Kier molecular flexibility index (Phi) is 4.20. The van der Waals surface area contributed by atoms with Crippen LogP contribution in [-0.2, 0) is 21.1 Å². The minimum Gasteiger partial charge on any atom is -0.369 e. The van der Waals surface area contributed by atoms with Gasteiger partial charge in [0.15, 0.2) is 9.84 Å². The zero-order valence-electron chi connectivity index (χ0n) is 14.1. The first-order chi connectivity index (χ1) is 12.5. The first kappa shape index (κ1) is 17.0. The van der Waals surface area contributed by atoms with E-state index < -0.39 is 20.7 Å². The van der Waals surface area contributed by atoms with Gasteiger partial charge in [-0.1, -0.05) is 18.2 Å². The average Bonchev–Trinajstić information content (AvgIpc) is 3.08. The number of para-hydroxylation sites is 1. The van der Waals surface area contributed by atoms with Gasteiger partial charge in [0.25, 0.3) is 0 Å². The Labute approximate surface area is 151 Å². The van der Waals surface area contributed by atoms with Crippen molar-refractivity contribution in [3.63, 3.8) is 0 Å². The zero-order chi connectivity index (χ0) is 18.2. The van der Waals surface area contributed by atoms with Crippen LogP contribution in [0.1, 0.15) is 0 Å². The molecule has 0 bridgehead atoms. The molecule has 1 atom stereocenters. The summed E-state index contributed by atoms with van der Waals surface area (Å²) in [6.45, 7) is 0.957. The van der Waals surface area contributed by atoms with Crippen LogP contribution in [0, 0.1) is 0 Å². The highest BCUT2D eigenvalue weighted by Gasteiger charge is 2.53.